The first-order valence-corrected chi connectivity index (χ1v) is 8.43. The van der Waals surface area contributed by atoms with Crippen molar-refractivity contribution in [3.05, 3.63) is 40.8 Å². The fraction of sp³-hybridized carbons (Fsp3) is 0.375. The highest BCUT2D eigenvalue weighted by molar-refractivity contribution is 6.33. The van der Waals surface area contributed by atoms with Gasteiger partial charge < -0.3 is 15.1 Å². The Morgan fingerprint density at radius 3 is 2.57 bits per heavy atom. The number of likely N-dealkylation sites (N-methyl/N-ethyl adjacent to an activating group) is 1. The summed E-state index contributed by atoms with van der Waals surface area (Å²) in [6, 6.07) is 7.73. The Morgan fingerprint density at radius 1 is 1.13 bits per heavy atom. The molecule has 0 aliphatic carbocycles. The lowest BCUT2D eigenvalue weighted by atomic mass is 10.2. The number of aromatic nitrogens is 2. The molecule has 1 N–H and O–H groups in total. The van der Waals surface area contributed by atoms with Crippen LogP contribution in [-0.2, 0) is 0 Å². The van der Waals surface area contributed by atoms with Crippen molar-refractivity contribution in [3.8, 4) is 0 Å². The van der Waals surface area contributed by atoms with Crippen molar-refractivity contribution >= 4 is 40.4 Å². The van der Waals surface area contributed by atoms with Gasteiger partial charge in [-0.05, 0) is 42.4 Å². The molecule has 0 bridgehead atoms. The highest BCUT2D eigenvalue weighted by atomic mass is 35.5. The van der Waals surface area contributed by atoms with Crippen molar-refractivity contribution in [1.29, 1.82) is 0 Å². The third kappa shape index (κ3) is 4.05. The monoisotopic (exact) mass is 351 g/mol. The minimum atomic E-state index is 0.214. The van der Waals surface area contributed by atoms with Crippen LogP contribution in [0.4, 0.5) is 17.2 Å². The van der Waals surface area contributed by atoms with Gasteiger partial charge in [-0.15, -0.1) is 0 Å². The highest BCUT2D eigenvalue weighted by Gasteiger charge is 2.18. The summed E-state index contributed by atoms with van der Waals surface area (Å²) in [7, 11) is 0. The summed E-state index contributed by atoms with van der Waals surface area (Å²) in [5, 5.41) is 4.14. The van der Waals surface area contributed by atoms with Gasteiger partial charge in [-0.3, -0.25) is 0 Å². The predicted octanol–water partition coefficient (Wildman–Crippen LogP) is 3.67. The maximum absolute atomic E-state index is 6.48. The van der Waals surface area contributed by atoms with Crippen LogP contribution >= 0.6 is 23.2 Å². The molecule has 1 saturated heterocycles. The van der Waals surface area contributed by atoms with Crippen molar-refractivity contribution < 1.29 is 0 Å². The number of hydrogen-bond acceptors (Lipinski definition) is 5. The average molecular weight is 352 g/mol. The molecule has 122 valence electrons. The lowest BCUT2D eigenvalue weighted by Crippen LogP contribution is -2.46. The summed E-state index contributed by atoms with van der Waals surface area (Å²) >= 11 is 12.3. The highest BCUT2D eigenvalue weighted by Crippen LogP contribution is 2.30. The maximum Gasteiger partial charge on any atom is 0.224 e. The second-order valence-corrected chi connectivity index (χ2v) is 6.17. The number of nitrogens with one attached hydrogen (secondary N) is 1. The molecule has 1 fully saturated rings. The van der Waals surface area contributed by atoms with Crippen molar-refractivity contribution in [2.45, 2.75) is 6.92 Å². The SMILES string of the molecule is CCN1CCN(c2ccc(Nc3ccnc(Cl)n3)cc2Cl)CC1. The van der Waals surface area contributed by atoms with Gasteiger partial charge in [0.15, 0.2) is 0 Å². The molecular weight excluding hydrogens is 333 g/mol. The number of benzene rings is 1. The summed E-state index contributed by atoms with van der Waals surface area (Å²) in [5.41, 5.74) is 1.95. The largest absolute Gasteiger partial charge is 0.368 e. The second kappa shape index (κ2) is 7.34. The zero-order valence-electron chi connectivity index (χ0n) is 13.0. The van der Waals surface area contributed by atoms with Crippen LogP contribution in [0.2, 0.25) is 10.3 Å². The maximum atomic E-state index is 6.48. The van der Waals surface area contributed by atoms with Crippen LogP contribution in [0, 0.1) is 0 Å². The van der Waals surface area contributed by atoms with Crippen LogP contribution in [0.1, 0.15) is 6.92 Å². The van der Waals surface area contributed by atoms with Gasteiger partial charge in [-0.1, -0.05) is 18.5 Å². The van der Waals surface area contributed by atoms with Crippen molar-refractivity contribution in [2.75, 3.05) is 42.9 Å². The number of hydrogen-bond donors (Lipinski definition) is 1. The molecule has 0 atom stereocenters. The van der Waals surface area contributed by atoms with Crippen LogP contribution < -0.4 is 10.2 Å². The van der Waals surface area contributed by atoms with E-state index in [4.69, 9.17) is 23.2 Å². The molecule has 2 aromatic rings. The Kier molecular flexibility index (Phi) is 5.20. The first-order valence-electron chi connectivity index (χ1n) is 7.68. The fourth-order valence-electron chi connectivity index (χ4n) is 2.70. The molecule has 0 unspecified atom stereocenters. The van der Waals surface area contributed by atoms with Gasteiger partial charge in [0.25, 0.3) is 0 Å². The minimum absolute atomic E-state index is 0.214. The van der Waals surface area contributed by atoms with E-state index in [1.54, 1.807) is 12.3 Å². The van der Waals surface area contributed by atoms with Crippen LogP contribution in [0.5, 0.6) is 0 Å². The lowest BCUT2D eigenvalue weighted by molar-refractivity contribution is 0.271. The smallest absolute Gasteiger partial charge is 0.224 e. The number of rotatable bonds is 4. The molecule has 5 nitrogen and oxygen atoms in total. The number of piperazine rings is 1. The Labute approximate surface area is 146 Å². The van der Waals surface area contributed by atoms with Crippen molar-refractivity contribution in [1.82, 2.24) is 14.9 Å². The molecule has 1 aromatic heterocycles. The van der Waals surface area contributed by atoms with E-state index in [2.05, 4.69) is 38.1 Å². The number of anilines is 3. The first kappa shape index (κ1) is 16.3. The minimum Gasteiger partial charge on any atom is -0.368 e. The summed E-state index contributed by atoms with van der Waals surface area (Å²) < 4.78 is 0. The normalized spacial score (nSPS) is 15.7. The third-order valence-corrected chi connectivity index (χ3v) is 4.49. The van der Waals surface area contributed by atoms with Gasteiger partial charge in [0.1, 0.15) is 5.82 Å². The van der Waals surface area contributed by atoms with Gasteiger partial charge in [0.05, 0.1) is 10.7 Å². The van der Waals surface area contributed by atoms with Crippen LogP contribution in [0.15, 0.2) is 30.5 Å². The molecule has 1 aliphatic rings. The van der Waals surface area contributed by atoms with E-state index in [0.29, 0.717) is 5.82 Å². The standard InChI is InChI=1S/C16H19Cl2N5/c1-2-22-7-9-23(10-8-22)14-4-3-12(11-13(14)17)20-15-5-6-19-16(18)21-15/h3-6,11H,2,7-10H2,1H3,(H,19,20,21). The van der Waals surface area contributed by atoms with Gasteiger partial charge in [0.2, 0.25) is 5.28 Å². The quantitative estimate of drug-likeness (QED) is 0.851. The summed E-state index contributed by atoms with van der Waals surface area (Å²) in [6.45, 7) is 7.46. The van der Waals surface area contributed by atoms with E-state index in [0.717, 1.165) is 49.1 Å². The van der Waals surface area contributed by atoms with Gasteiger partial charge in [0, 0.05) is 38.1 Å². The van der Waals surface area contributed by atoms with Crippen LogP contribution in [0.3, 0.4) is 0 Å². The lowest BCUT2D eigenvalue weighted by Gasteiger charge is -2.36. The van der Waals surface area contributed by atoms with Crippen LogP contribution in [0.25, 0.3) is 0 Å². The molecule has 1 aliphatic heterocycles. The van der Waals surface area contributed by atoms with E-state index in [9.17, 15) is 0 Å². The molecule has 2 heterocycles. The summed E-state index contributed by atoms with van der Waals surface area (Å²) in [4.78, 5) is 12.8. The Morgan fingerprint density at radius 2 is 1.91 bits per heavy atom. The van der Waals surface area contributed by atoms with E-state index in [1.807, 2.05) is 12.1 Å². The summed E-state index contributed by atoms with van der Waals surface area (Å²) in [6.07, 6.45) is 1.61. The van der Waals surface area contributed by atoms with E-state index in [1.165, 1.54) is 0 Å². The van der Waals surface area contributed by atoms with E-state index >= 15 is 0 Å². The Balaban J connectivity index is 1.71. The summed E-state index contributed by atoms with van der Waals surface area (Å²) in [5.74, 6) is 0.644. The average Bonchev–Trinajstić information content (AvgIpc) is 2.55. The molecule has 3 rings (SSSR count). The van der Waals surface area contributed by atoms with Crippen molar-refractivity contribution in [3.63, 3.8) is 0 Å². The molecule has 0 amide bonds. The van der Waals surface area contributed by atoms with Crippen molar-refractivity contribution in [2.24, 2.45) is 0 Å². The van der Waals surface area contributed by atoms with Gasteiger partial charge >= 0.3 is 0 Å². The zero-order valence-corrected chi connectivity index (χ0v) is 14.5. The third-order valence-electron chi connectivity index (χ3n) is 4.01. The number of halogens is 2. The number of nitrogens with zero attached hydrogens (tertiary/aromatic N) is 4. The van der Waals surface area contributed by atoms with E-state index < -0.39 is 0 Å². The molecule has 0 spiro atoms. The first-order chi connectivity index (χ1) is 11.2. The van der Waals surface area contributed by atoms with Crippen LogP contribution in [-0.4, -0.2) is 47.6 Å². The van der Waals surface area contributed by atoms with Gasteiger partial charge in [-0.2, -0.15) is 0 Å². The molecular formula is C16H19Cl2N5. The molecule has 23 heavy (non-hydrogen) atoms. The predicted molar refractivity (Wildman–Crippen MR) is 96.1 cm³/mol. The molecule has 0 radical (unpaired) electrons. The van der Waals surface area contributed by atoms with E-state index in [-0.39, 0.29) is 5.28 Å². The fourth-order valence-corrected chi connectivity index (χ4v) is 3.15. The topological polar surface area (TPSA) is 44.3 Å². The van der Waals surface area contributed by atoms with Gasteiger partial charge in [-0.25, -0.2) is 9.97 Å². The molecule has 1 aromatic carbocycles. The zero-order chi connectivity index (χ0) is 16.2. The second-order valence-electron chi connectivity index (χ2n) is 5.42. The Hall–Kier alpha value is -1.56. The Bertz CT molecular complexity index is 671. The molecule has 7 heteroatoms. The molecule has 0 saturated carbocycles.